The number of hydrogen-bond acceptors (Lipinski definition) is 2. The van der Waals surface area contributed by atoms with Crippen LogP contribution in [0.1, 0.15) is 37.7 Å². The van der Waals surface area contributed by atoms with E-state index in [1.165, 1.54) is 25.7 Å². The van der Waals surface area contributed by atoms with Crippen molar-refractivity contribution in [2.24, 2.45) is 11.7 Å². The molecule has 1 aliphatic carbocycles. The number of nitrogens with two attached hydrogens (primary N) is 1. The van der Waals surface area contributed by atoms with Gasteiger partial charge in [0.25, 0.3) is 0 Å². The Labute approximate surface area is 120 Å². The van der Waals surface area contributed by atoms with E-state index in [1.54, 1.807) is 6.08 Å². The fraction of sp³-hybridized carbons (Fsp3) is 0.333. The number of rotatable bonds is 4. The third-order valence-electron chi connectivity index (χ3n) is 3.91. The first-order valence-corrected chi connectivity index (χ1v) is 7.29. The monoisotopic (exact) mass is 269 g/mol. The van der Waals surface area contributed by atoms with Crippen LogP contribution in [0.4, 0.5) is 0 Å². The summed E-state index contributed by atoms with van der Waals surface area (Å²) in [5.74, 6) is 0.706. The molecule has 0 aromatic heterocycles. The van der Waals surface area contributed by atoms with Crippen LogP contribution in [0.15, 0.2) is 36.9 Å². The summed E-state index contributed by atoms with van der Waals surface area (Å²) in [6.45, 7) is 3.67. The van der Waals surface area contributed by atoms with Crippen molar-refractivity contribution in [3.8, 4) is 0 Å². The Morgan fingerprint density at radius 1 is 1.35 bits per heavy atom. The molecular weight excluding hydrogens is 246 g/mol. The molecule has 0 spiro atoms. The highest BCUT2D eigenvalue weighted by Gasteiger charge is 2.12. The van der Waals surface area contributed by atoms with Crippen molar-refractivity contribution in [1.82, 2.24) is 0 Å². The van der Waals surface area contributed by atoms with Gasteiger partial charge in [-0.05, 0) is 29.2 Å². The van der Waals surface area contributed by atoms with Gasteiger partial charge in [0.2, 0.25) is 0 Å². The first kappa shape index (κ1) is 14.4. The molecule has 2 nitrogen and oxygen atoms in total. The molecule has 0 heterocycles. The summed E-state index contributed by atoms with van der Waals surface area (Å²) in [6.07, 6.45) is 14.5. The van der Waals surface area contributed by atoms with Gasteiger partial charge in [-0.2, -0.15) is 0 Å². The van der Waals surface area contributed by atoms with Crippen LogP contribution < -0.4 is 16.2 Å². The van der Waals surface area contributed by atoms with Gasteiger partial charge in [-0.3, -0.25) is 0 Å². The van der Waals surface area contributed by atoms with E-state index in [-0.39, 0.29) is 5.88 Å². The highest BCUT2D eigenvalue weighted by atomic mass is 16.3. The van der Waals surface area contributed by atoms with Crippen molar-refractivity contribution in [3.05, 3.63) is 52.9 Å². The molecular formula is C18H23NO. The molecule has 0 atom stereocenters. The van der Waals surface area contributed by atoms with Crippen molar-refractivity contribution in [3.63, 3.8) is 0 Å². The maximum atomic E-state index is 9.57. The van der Waals surface area contributed by atoms with E-state index >= 15 is 0 Å². The second-order valence-corrected chi connectivity index (χ2v) is 5.42. The standard InChI is InChI=1S/C18H23NO/c1-2-6-16-12-11-15(13-17(16)18(19)20)10-5-9-14-7-3-4-8-14/h2,5-6,10-14,20H,1,3-4,7-9,19H2/b10-5+,16-6-,18-17+. The van der Waals surface area contributed by atoms with E-state index in [0.29, 0.717) is 5.22 Å². The molecule has 1 saturated carbocycles. The van der Waals surface area contributed by atoms with E-state index < -0.39 is 0 Å². The van der Waals surface area contributed by atoms with Crippen LogP contribution in [0.5, 0.6) is 0 Å². The second-order valence-electron chi connectivity index (χ2n) is 5.42. The Bertz CT molecular complexity index is 603. The molecule has 3 N–H and O–H groups in total. The molecule has 1 aromatic rings. The van der Waals surface area contributed by atoms with Crippen LogP contribution >= 0.6 is 0 Å². The van der Waals surface area contributed by atoms with E-state index in [1.807, 2.05) is 24.3 Å². The number of hydrogen-bond donors (Lipinski definition) is 2. The molecule has 0 unspecified atom stereocenters. The Morgan fingerprint density at radius 2 is 2.10 bits per heavy atom. The van der Waals surface area contributed by atoms with Gasteiger partial charge >= 0.3 is 0 Å². The second kappa shape index (κ2) is 6.99. The highest BCUT2D eigenvalue weighted by Crippen LogP contribution is 2.27. The first-order valence-electron chi connectivity index (χ1n) is 7.29. The van der Waals surface area contributed by atoms with Gasteiger partial charge in [0, 0.05) is 5.22 Å². The Hall–Kier alpha value is -1.96. The average molecular weight is 269 g/mol. The zero-order valence-corrected chi connectivity index (χ0v) is 11.9. The van der Waals surface area contributed by atoms with Gasteiger partial charge < -0.3 is 10.8 Å². The zero-order chi connectivity index (χ0) is 14.4. The van der Waals surface area contributed by atoms with Gasteiger partial charge in [0.1, 0.15) is 0 Å². The third-order valence-corrected chi connectivity index (χ3v) is 3.91. The van der Waals surface area contributed by atoms with Crippen molar-refractivity contribution >= 4 is 18.0 Å². The fourth-order valence-corrected chi connectivity index (χ4v) is 2.81. The molecule has 0 aliphatic heterocycles. The van der Waals surface area contributed by atoms with Crippen LogP contribution in [0.3, 0.4) is 0 Å². The lowest BCUT2D eigenvalue weighted by atomic mass is 10.0. The number of allylic oxidation sites excluding steroid dienone is 2. The van der Waals surface area contributed by atoms with Gasteiger partial charge in [-0.15, -0.1) is 0 Å². The van der Waals surface area contributed by atoms with Gasteiger partial charge in [0.05, 0.1) is 0 Å². The predicted molar refractivity (Wildman–Crippen MR) is 86.2 cm³/mol. The van der Waals surface area contributed by atoms with E-state index in [9.17, 15) is 5.11 Å². The van der Waals surface area contributed by atoms with Crippen LogP contribution in [0.25, 0.3) is 18.0 Å². The minimum atomic E-state index is -0.149. The summed E-state index contributed by atoms with van der Waals surface area (Å²) in [4.78, 5) is 0. The smallest absolute Gasteiger partial charge is 0.189 e. The van der Waals surface area contributed by atoms with Crippen molar-refractivity contribution < 1.29 is 5.11 Å². The van der Waals surface area contributed by atoms with Crippen molar-refractivity contribution in [2.45, 2.75) is 32.1 Å². The van der Waals surface area contributed by atoms with E-state index in [2.05, 4.69) is 18.7 Å². The molecule has 2 heteroatoms. The van der Waals surface area contributed by atoms with E-state index in [0.717, 1.165) is 23.1 Å². The molecule has 1 aliphatic rings. The summed E-state index contributed by atoms with van der Waals surface area (Å²) in [5.41, 5.74) is 6.60. The maximum absolute atomic E-state index is 9.57. The largest absolute Gasteiger partial charge is 0.495 e. The quantitative estimate of drug-likeness (QED) is 0.883. The topological polar surface area (TPSA) is 46.2 Å². The van der Waals surface area contributed by atoms with Crippen LogP contribution in [-0.2, 0) is 0 Å². The molecule has 1 fully saturated rings. The number of aliphatic hydroxyl groups is 1. The molecule has 0 saturated heterocycles. The maximum Gasteiger partial charge on any atom is 0.189 e. The summed E-state index contributed by atoms with van der Waals surface area (Å²) < 4.78 is 0. The molecule has 20 heavy (non-hydrogen) atoms. The fourth-order valence-electron chi connectivity index (χ4n) is 2.81. The Kier molecular flexibility index (Phi) is 5.05. The minimum Gasteiger partial charge on any atom is -0.495 e. The van der Waals surface area contributed by atoms with Gasteiger partial charge in [-0.1, -0.05) is 68.7 Å². The molecule has 1 aromatic carbocycles. The summed E-state index contributed by atoms with van der Waals surface area (Å²) in [5, 5.41) is 11.1. The first-order chi connectivity index (χ1) is 9.70. The normalized spacial score (nSPS) is 18.7. The van der Waals surface area contributed by atoms with Crippen LogP contribution in [0, 0.1) is 5.92 Å². The molecule has 0 amide bonds. The number of aliphatic hydroxyl groups excluding tert-OH is 1. The Balaban J connectivity index is 2.19. The molecule has 0 bridgehead atoms. The lowest BCUT2D eigenvalue weighted by Gasteiger charge is -2.03. The summed E-state index contributed by atoms with van der Waals surface area (Å²) >= 11 is 0. The van der Waals surface area contributed by atoms with Crippen LogP contribution in [0.2, 0.25) is 0 Å². The lowest BCUT2D eigenvalue weighted by molar-refractivity contribution is 0.492. The van der Waals surface area contributed by atoms with Gasteiger partial charge in [0.15, 0.2) is 5.88 Å². The summed E-state index contributed by atoms with van der Waals surface area (Å²) in [7, 11) is 0. The zero-order valence-electron chi connectivity index (χ0n) is 11.9. The number of benzene rings is 1. The molecule has 0 radical (unpaired) electrons. The lowest BCUT2D eigenvalue weighted by Crippen LogP contribution is -2.29. The van der Waals surface area contributed by atoms with Gasteiger partial charge in [-0.25, -0.2) is 0 Å². The minimum absolute atomic E-state index is 0.149. The van der Waals surface area contributed by atoms with E-state index in [4.69, 9.17) is 5.73 Å². The van der Waals surface area contributed by atoms with Crippen molar-refractivity contribution in [2.75, 3.05) is 0 Å². The van der Waals surface area contributed by atoms with Crippen LogP contribution in [-0.4, -0.2) is 5.11 Å². The molecule has 106 valence electrons. The highest BCUT2D eigenvalue weighted by molar-refractivity contribution is 5.52. The summed E-state index contributed by atoms with van der Waals surface area (Å²) in [6, 6.07) is 5.90. The third kappa shape index (κ3) is 3.77. The molecule has 2 rings (SSSR count). The predicted octanol–water partition coefficient (Wildman–Crippen LogP) is 2.83. The SMILES string of the molecule is C=C/C=c1/ccc(/C=C/CC2CCCC2)c/c1=C(/N)O. The average Bonchev–Trinajstić information content (AvgIpc) is 2.93. The Morgan fingerprint density at radius 3 is 2.75 bits per heavy atom. The van der Waals surface area contributed by atoms with Crippen molar-refractivity contribution in [1.29, 1.82) is 0 Å².